The van der Waals surface area contributed by atoms with Crippen LogP contribution in [-0.4, -0.2) is 24.3 Å². The third-order valence-electron chi connectivity index (χ3n) is 1.59. The molecule has 0 saturated carbocycles. The molecule has 1 saturated heterocycles. The summed E-state index contributed by atoms with van der Waals surface area (Å²) in [5, 5.41) is 11.6. The maximum atomic E-state index is 8.49. The topological polar surface area (TPSA) is 32.3 Å². The SMILES string of the molecule is C[C@@H]1CN[C@@H]1CO. The standard InChI is InChI=1S/C5H11NO/c1-4-2-6-5(4)3-7/h4-7H,2-3H2,1H3/t4-,5-/m1/s1. The van der Waals surface area contributed by atoms with E-state index in [2.05, 4.69) is 12.2 Å². The van der Waals surface area contributed by atoms with Crippen molar-refractivity contribution in [2.75, 3.05) is 13.2 Å². The predicted octanol–water partition coefficient (Wildman–Crippen LogP) is -0.413. The highest BCUT2D eigenvalue weighted by Crippen LogP contribution is 2.09. The summed E-state index contributed by atoms with van der Waals surface area (Å²) in [5.74, 6) is 0.685. The van der Waals surface area contributed by atoms with Crippen molar-refractivity contribution in [3.63, 3.8) is 0 Å². The van der Waals surface area contributed by atoms with Crippen LogP contribution in [0.4, 0.5) is 0 Å². The van der Waals surface area contributed by atoms with E-state index in [0.29, 0.717) is 18.6 Å². The van der Waals surface area contributed by atoms with E-state index in [0.717, 1.165) is 6.54 Å². The number of aliphatic hydroxyl groups is 1. The van der Waals surface area contributed by atoms with Gasteiger partial charge in [-0.2, -0.15) is 0 Å². The Labute approximate surface area is 43.5 Å². The number of rotatable bonds is 1. The Hall–Kier alpha value is -0.0800. The molecule has 0 unspecified atom stereocenters. The van der Waals surface area contributed by atoms with E-state index < -0.39 is 0 Å². The van der Waals surface area contributed by atoms with Crippen LogP contribution in [0.15, 0.2) is 0 Å². The zero-order valence-electron chi connectivity index (χ0n) is 4.52. The highest BCUT2D eigenvalue weighted by Gasteiger charge is 2.23. The van der Waals surface area contributed by atoms with Gasteiger partial charge >= 0.3 is 0 Å². The Morgan fingerprint density at radius 3 is 2.57 bits per heavy atom. The first-order valence-corrected chi connectivity index (χ1v) is 2.69. The van der Waals surface area contributed by atoms with Gasteiger partial charge in [-0.3, -0.25) is 0 Å². The van der Waals surface area contributed by atoms with E-state index in [-0.39, 0.29) is 0 Å². The van der Waals surface area contributed by atoms with Crippen molar-refractivity contribution in [3.8, 4) is 0 Å². The first-order valence-electron chi connectivity index (χ1n) is 2.69. The molecule has 2 atom stereocenters. The van der Waals surface area contributed by atoms with E-state index in [1.54, 1.807) is 0 Å². The molecule has 1 fully saturated rings. The van der Waals surface area contributed by atoms with Gasteiger partial charge < -0.3 is 10.4 Å². The van der Waals surface area contributed by atoms with Crippen molar-refractivity contribution < 1.29 is 5.11 Å². The summed E-state index contributed by atoms with van der Waals surface area (Å²) in [6, 6.07) is 0.389. The highest BCUT2D eigenvalue weighted by atomic mass is 16.3. The normalized spacial score (nSPS) is 40.3. The lowest BCUT2D eigenvalue weighted by atomic mass is 9.95. The zero-order chi connectivity index (χ0) is 5.28. The Bertz CT molecular complexity index is 63.1. The quantitative estimate of drug-likeness (QED) is 0.470. The minimum Gasteiger partial charge on any atom is -0.395 e. The molecule has 42 valence electrons. The van der Waals surface area contributed by atoms with Crippen LogP contribution in [0.25, 0.3) is 0 Å². The average molecular weight is 101 g/mol. The Morgan fingerprint density at radius 1 is 1.86 bits per heavy atom. The van der Waals surface area contributed by atoms with Crippen molar-refractivity contribution in [2.24, 2.45) is 5.92 Å². The average Bonchev–Trinajstić information content (AvgIpc) is 1.65. The lowest BCUT2D eigenvalue weighted by molar-refractivity contribution is 0.147. The van der Waals surface area contributed by atoms with Crippen molar-refractivity contribution in [1.29, 1.82) is 0 Å². The summed E-state index contributed by atoms with van der Waals surface area (Å²) in [7, 11) is 0. The summed E-state index contributed by atoms with van der Waals surface area (Å²) < 4.78 is 0. The van der Waals surface area contributed by atoms with Crippen molar-refractivity contribution >= 4 is 0 Å². The molecule has 0 aliphatic carbocycles. The minimum absolute atomic E-state index is 0.293. The molecule has 0 spiro atoms. The third kappa shape index (κ3) is 0.763. The maximum Gasteiger partial charge on any atom is 0.0587 e. The summed E-state index contributed by atoms with van der Waals surface area (Å²) in [6.07, 6.45) is 0. The molecule has 0 aromatic heterocycles. The van der Waals surface area contributed by atoms with Gasteiger partial charge in [-0.1, -0.05) is 6.92 Å². The maximum absolute atomic E-state index is 8.49. The monoisotopic (exact) mass is 101 g/mol. The molecular weight excluding hydrogens is 90.1 g/mol. The van der Waals surface area contributed by atoms with Crippen LogP contribution in [0.5, 0.6) is 0 Å². The molecular formula is C5H11NO. The highest BCUT2D eigenvalue weighted by molar-refractivity contribution is 4.83. The van der Waals surface area contributed by atoms with Gasteiger partial charge in [-0.25, -0.2) is 0 Å². The Balaban J connectivity index is 2.16. The Kier molecular flexibility index (Phi) is 1.30. The number of aliphatic hydroxyl groups excluding tert-OH is 1. The molecule has 0 amide bonds. The van der Waals surface area contributed by atoms with E-state index >= 15 is 0 Å². The first-order chi connectivity index (χ1) is 3.34. The van der Waals surface area contributed by atoms with Crippen molar-refractivity contribution in [2.45, 2.75) is 13.0 Å². The summed E-state index contributed by atoms with van der Waals surface area (Å²) >= 11 is 0. The van der Waals surface area contributed by atoms with Crippen LogP contribution < -0.4 is 5.32 Å². The largest absolute Gasteiger partial charge is 0.395 e. The van der Waals surface area contributed by atoms with Gasteiger partial charge in [-0.05, 0) is 12.5 Å². The molecule has 0 aromatic rings. The molecule has 2 nitrogen and oxygen atoms in total. The second-order valence-electron chi connectivity index (χ2n) is 2.17. The van der Waals surface area contributed by atoms with E-state index in [4.69, 9.17) is 5.11 Å². The second kappa shape index (κ2) is 1.80. The third-order valence-corrected chi connectivity index (χ3v) is 1.59. The van der Waals surface area contributed by atoms with Gasteiger partial charge in [0.05, 0.1) is 6.61 Å². The van der Waals surface area contributed by atoms with E-state index in [1.165, 1.54) is 0 Å². The number of nitrogens with one attached hydrogen (secondary N) is 1. The molecule has 0 aromatic carbocycles. The molecule has 1 heterocycles. The molecule has 1 aliphatic heterocycles. The number of hydrogen-bond donors (Lipinski definition) is 2. The molecule has 0 bridgehead atoms. The zero-order valence-corrected chi connectivity index (χ0v) is 4.52. The van der Waals surface area contributed by atoms with Crippen LogP contribution in [0.2, 0.25) is 0 Å². The first kappa shape index (κ1) is 5.06. The van der Waals surface area contributed by atoms with Gasteiger partial charge in [0.15, 0.2) is 0 Å². The van der Waals surface area contributed by atoms with Crippen molar-refractivity contribution in [1.82, 2.24) is 5.32 Å². The summed E-state index contributed by atoms with van der Waals surface area (Å²) in [6.45, 7) is 3.50. The lowest BCUT2D eigenvalue weighted by Gasteiger charge is -2.33. The summed E-state index contributed by atoms with van der Waals surface area (Å²) in [5.41, 5.74) is 0. The van der Waals surface area contributed by atoms with E-state index in [9.17, 15) is 0 Å². The van der Waals surface area contributed by atoms with Crippen LogP contribution in [0.3, 0.4) is 0 Å². The number of hydrogen-bond acceptors (Lipinski definition) is 2. The second-order valence-corrected chi connectivity index (χ2v) is 2.17. The van der Waals surface area contributed by atoms with Crippen LogP contribution >= 0.6 is 0 Å². The Morgan fingerprint density at radius 2 is 2.57 bits per heavy atom. The smallest absolute Gasteiger partial charge is 0.0587 e. The van der Waals surface area contributed by atoms with Gasteiger partial charge in [-0.15, -0.1) is 0 Å². The fourth-order valence-electron chi connectivity index (χ4n) is 0.765. The lowest BCUT2D eigenvalue weighted by Crippen LogP contribution is -2.53. The minimum atomic E-state index is 0.293. The molecule has 1 aliphatic rings. The van der Waals surface area contributed by atoms with Gasteiger partial charge in [0.25, 0.3) is 0 Å². The predicted molar refractivity (Wildman–Crippen MR) is 28.0 cm³/mol. The fourth-order valence-corrected chi connectivity index (χ4v) is 0.765. The van der Waals surface area contributed by atoms with Gasteiger partial charge in [0, 0.05) is 6.04 Å². The van der Waals surface area contributed by atoms with Crippen molar-refractivity contribution in [3.05, 3.63) is 0 Å². The molecule has 2 heteroatoms. The van der Waals surface area contributed by atoms with Crippen LogP contribution in [0, 0.1) is 5.92 Å². The van der Waals surface area contributed by atoms with Crippen LogP contribution in [-0.2, 0) is 0 Å². The van der Waals surface area contributed by atoms with Gasteiger partial charge in [0.1, 0.15) is 0 Å². The molecule has 1 rings (SSSR count). The molecule has 7 heavy (non-hydrogen) atoms. The van der Waals surface area contributed by atoms with Crippen LogP contribution in [0.1, 0.15) is 6.92 Å². The molecule has 2 N–H and O–H groups in total. The summed E-state index contributed by atoms with van der Waals surface area (Å²) in [4.78, 5) is 0. The fraction of sp³-hybridized carbons (Fsp3) is 1.00. The molecule has 0 radical (unpaired) electrons. The van der Waals surface area contributed by atoms with Gasteiger partial charge in [0.2, 0.25) is 0 Å². The van der Waals surface area contributed by atoms with E-state index in [1.807, 2.05) is 0 Å².